The van der Waals surface area contributed by atoms with Crippen molar-refractivity contribution in [2.75, 3.05) is 19.0 Å². The smallest absolute Gasteiger partial charge is 0.326 e. The summed E-state index contributed by atoms with van der Waals surface area (Å²) in [6.07, 6.45) is 0.197. The van der Waals surface area contributed by atoms with Gasteiger partial charge < -0.3 is 20.5 Å². The molecule has 0 spiro atoms. The minimum Gasteiger partial charge on any atom is -0.480 e. The predicted molar refractivity (Wildman–Crippen MR) is 68.1 cm³/mol. The van der Waals surface area contributed by atoms with Crippen LogP contribution in [0.5, 0.6) is 0 Å². The molecule has 1 aromatic heterocycles. The normalized spacial score (nSPS) is 11.9. The van der Waals surface area contributed by atoms with E-state index in [1.165, 1.54) is 7.11 Å². The van der Waals surface area contributed by atoms with Gasteiger partial charge in [0.05, 0.1) is 17.1 Å². The van der Waals surface area contributed by atoms with E-state index in [-0.39, 0.29) is 13.0 Å². The third kappa shape index (κ3) is 4.25. The molecule has 1 heterocycles. The highest BCUT2D eigenvalue weighted by atomic mass is 16.5. The van der Waals surface area contributed by atoms with Crippen LogP contribution < -0.4 is 10.6 Å². The molecule has 0 saturated heterocycles. The summed E-state index contributed by atoms with van der Waals surface area (Å²) in [7, 11) is 1.47. The molecule has 4 N–H and O–H groups in total. The van der Waals surface area contributed by atoms with Crippen molar-refractivity contribution in [3.05, 3.63) is 11.4 Å². The Balaban J connectivity index is 2.60. The number of hydrogen-bond donors (Lipinski definition) is 4. The van der Waals surface area contributed by atoms with E-state index in [1.807, 2.05) is 0 Å². The Morgan fingerprint density at radius 3 is 2.63 bits per heavy atom. The summed E-state index contributed by atoms with van der Waals surface area (Å²) in [5, 5.41) is 20.6. The minimum absolute atomic E-state index is 0.197. The maximum absolute atomic E-state index is 11.7. The number of rotatable bonds is 6. The number of carbonyl (C=O) groups is 2. The first-order valence-electron chi connectivity index (χ1n) is 5.76. The topological polar surface area (TPSA) is 116 Å². The standard InChI is InChI=1S/C11H18N4O4/c1-6-9(7(2)15-14-6)13-11(18)12-8(10(16)17)4-5-19-3/h8H,4-5H2,1-3H3,(H,14,15)(H,16,17)(H2,12,13,18). The van der Waals surface area contributed by atoms with Gasteiger partial charge in [0, 0.05) is 20.1 Å². The summed E-state index contributed by atoms with van der Waals surface area (Å²) in [6, 6.07) is -1.58. The fourth-order valence-electron chi connectivity index (χ4n) is 1.54. The number of aromatic amines is 1. The number of methoxy groups -OCH3 is 1. The first kappa shape index (κ1) is 15.0. The van der Waals surface area contributed by atoms with E-state index in [1.54, 1.807) is 13.8 Å². The third-order valence-corrected chi connectivity index (χ3v) is 2.58. The lowest BCUT2D eigenvalue weighted by molar-refractivity contribution is -0.139. The van der Waals surface area contributed by atoms with Gasteiger partial charge in [-0.1, -0.05) is 0 Å². The number of H-pyrrole nitrogens is 1. The Hall–Kier alpha value is -2.09. The molecule has 1 rings (SSSR count). The molecule has 1 aromatic rings. The van der Waals surface area contributed by atoms with Crippen LogP contribution in [0.1, 0.15) is 17.8 Å². The molecule has 1 atom stereocenters. The molecule has 8 nitrogen and oxygen atoms in total. The molecule has 0 bridgehead atoms. The highest BCUT2D eigenvalue weighted by Crippen LogP contribution is 2.15. The van der Waals surface area contributed by atoms with Gasteiger partial charge in [-0.25, -0.2) is 9.59 Å². The number of hydrogen-bond acceptors (Lipinski definition) is 4. The number of aromatic nitrogens is 2. The zero-order valence-electron chi connectivity index (χ0n) is 11.1. The first-order valence-corrected chi connectivity index (χ1v) is 5.76. The molecule has 0 saturated carbocycles. The molecule has 0 aliphatic carbocycles. The van der Waals surface area contributed by atoms with Crippen molar-refractivity contribution < 1.29 is 19.4 Å². The SMILES string of the molecule is COCCC(NC(=O)Nc1c(C)n[nH]c1C)C(=O)O. The maximum atomic E-state index is 11.7. The van der Waals surface area contributed by atoms with Gasteiger partial charge in [-0.05, 0) is 13.8 Å². The summed E-state index contributed by atoms with van der Waals surface area (Å²) in [5.41, 5.74) is 1.89. The van der Waals surface area contributed by atoms with Gasteiger partial charge in [0.25, 0.3) is 0 Å². The fourth-order valence-corrected chi connectivity index (χ4v) is 1.54. The van der Waals surface area contributed by atoms with Crippen molar-refractivity contribution in [2.24, 2.45) is 0 Å². The number of nitrogens with zero attached hydrogens (tertiary/aromatic N) is 1. The molecular weight excluding hydrogens is 252 g/mol. The van der Waals surface area contributed by atoms with E-state index < -0.39 is 18.0 Å². The van der Waals surface area contributed by atoms with Crippen LogP contribution in [-0.2, 0) is 9.53 Å². The molecule has 2 amide bonds. The molecule has 1 unspecified atom stereocenters. The molecule has 106 valence electrons. The van der Waals surface area contributed by atoms with Crippen molar-refractivity contribution in [3.8, 4) is 0 Å². The van der Waals surface area contributed by atoms with Crippen LogP contribution in [0.25, 0.3) is 0 Å². The van der Waals surface area contributed by atoms with Gasteiger partial charge in [-0.3, -0.25) is 5.10 Å². The van der Waals surface area contributed by atoms with Gasteiger partial charge in [0.1, 0.15) is 6.04 Å². The van der Waals surface area contributed by atoms with E-state index in [0.717, 1.165) is 0 Å². The van der Waals surface area contributed by atoms with Gasteiger partial charge >= 0.3 is 12.0 Å². The lowest BCUT2D eigenvalue weighted by Gasteiger charge is -2.14. The zero-order valence-corrected chi connectivity index (χ0v) is 11.1. The third-order valence-electron chi connectivity index (χ3n) is 2.58. The Morgan fingerprint density at radius 2 is 2.16 bits per heavy atom. The number of ether oxygens (including phenoxy) is 1. The Kier molecular flexibility index (Phi) is 5.31. The first-order chi connectivity index (χ1) is 8.95. The van der Waals surface area contributed by atoms with Gasteiger partial charge in [-0.2, -0.15) is 5.10 Å². The molecule has 19 heavy (non-hydrogen) atoms. The number of carbonyl (C=O) groups excluding carboxylic acids is 1. The van der Waals surface area contributed by atoms with Crippen molar-refractivity contribution in [1.82, 2.24) is 15.5 Å². The maximum Gasteiger partial charge on any atom is 0.326 e. The minimum atomic E-state index is -1.10. The molecule has 0 radical (unpaired) electrons. The van der Waals surface area contributed by atoms with Gasteiger partial charge in [-0.15, -0.1) is 0 Å². The van der Waals surface area contributed by atoms with Crippen molar-refractivity contribution in [3.63, 3.8) is 0 Å². The lowest BCUT2D eigenvalue weighted by Crippen LogP contribution is -2.43. The predicted octanol–water partition coefficient (Wildman–Crippen LogP) is 0.638. The largest absolute Gasteiger partial charge is 0.480 e. The van der Waals surface area contributed by atoms with E-state index in [2.05, 4.69) is 20.8 Å². The van der Waals surface area contributed by atoms with Crippen LogP contribution >= 0.6 is 0 Å². The van der Waals surface area contributed by atoms with Crippen LogP contribution in [-0.4, -0.2) is 47.1 Å². The molecule has 8 heteroatoms. The number of nitrogens with one attached hydrogen (secondary N) is 3. The van der Waals surface area contributed by atoms with Crippen LogP contribution in [0.4, 0.5) is 10.5 Å². The Bertz CT molecular complexity index is 438. The van der Waals surface area contributed by atoms with Gasteiger partial charge in [0.2, 0.25) is 0 Å². The van der Waals surface area contributed by atoms with E-state index >= 15 is 0 Å². The summed E-state index contributed by atoms with van der Waals surface area (Å²) in [5.74, 6) is -1.10. The van der Waals surface area contributed by atoms with Crippen LogP contribution in [0.3, 0.4) is 0 Å². The molecule has 0 aliphatic heterocycles. The second kappa shape index (κ2) is 6.74. The quantitative estimate of drug-likeness (QED) is 0.605. The molecule has 0 aromatic carbocycles. The van der Waals surface area contributed by atoms with Crippen molar-refractivity contribution in [2.45, 2.75) is 26.3 Å². The Morgan fingerprint density at radius 1 is 1.47 bits per heavy atom. The number of carboxylic acid groups (broad SMARTS) is 1. The number of urea groups is 1. The average Bonchev–Trinajstić information content (AvgIpc) is 2.66. The number of aliphatic carboxylic acids is 1. The molecule has 0 aliphatic rings. The van der Waals surface area contributed by atoms with Crippen molar-refractivity contribution >= 4 is 17.7 Å². The van der Waals surface area contributed by atoms with E-state index in [9.17, 15) is 9.59 Å². The van der Waals surface area contributed by atoms with E-state index in [4.69, 9.17) is 9.84 Å². The van der Waals surface area contributed by atoms with Crippen LogP contribution in [0.15, 0.2) is 0 Å². The highest BCUT2D eigenvalue weighted by Gasteiger charge is 2.20. The van der Waals surface area contributed by atoms with Gasteiger partial charge in [0.15, 0.2) is 0 Å². The zero-order chi connectivity index (χ0) is 14.4. The number of anilines is 1. The van der Waals surface area contributed by atoms with Crippen molar-refractivity contribution in [1.29, 1.82) is 0 Å². The Labute approximate surface area is 110 Å². The number of carboxylic acids is 1. The average molecular weight is 270 g/mol. The molecule has 0 fully saturated rings. The summed E-state index contributed by atoms with van der Waals surface area (Å²) < 4.78 is 4.80. The number of aryl methyl sites for hydroxylation is 2. The summed E-state index contributed by atoms with van der Waals surface area (Å²) >= 11 is 0. The number of amides is 2. The molecular formula is C11H18N4O4. The second-order valence-corrected chi connectivity index (χ2v) is 4.08. The monoisotopic (exact) mass is 270 g/mol. The lowest BCUT2D eigenvalue weighted by atomic mass is 10.2. The fraction of sp³-hybridized carbons (Fsp3) is 0.545. The van der Waals surface area contributed by atoms with E-state index in [0.29, 0.717) is 17.1 Å². The second-order valence-electron chi connectivity index (χ2n) is 4.08. The van der Waals surface area contributed by atoms with Crippen LogP contribution in [0, 0.1) is 13.8 Å². The summed E-state index contributed by atoms with van der Waals surface area (Å²) in [6.45, 7) is 3.74. The highest BCUT2D eigenvalue weighted by molar-refractivity contribution is 5.93. The van der Waals surface area contributed by atoms with Crippen LogP contribution in [0.2, 0.25) is 0 Å². The summed E-state index contributed by atoms with van der Waals surface area (Å²) in [4.78, 5) is 22.7.